The fourth-order valence-corrected chi connectivity index (χ4v) is 3.36. The van der Waals surface area contributed by atoms with Gasteiger partial charge in [-0.25, -0.2) is 0 Å². The van der Waals surface area contributed by atoms with Crippen LogP contribution in [0.25, 0.3) is 33.4 Å². The molecule has 0 aliphatic heterocycles. The number of fused-ring (bicyclic) bond motifs is 1. The largest absolute Gasteiger partial charge is 0.508 e. The number of phenols is 1. The standard InChI is InChI=1S/C24H22O3/c1-15(2)7-10-23-24(22-11-8-16(3)26-22)20-14-18(9-12-21(20)27-23)17-5-4-6-19(25)13-17/h4-6,8-9,11-14,25H,1,7,10H2,2-3H3. The molecule has 0 aliphatic rings. The van der Waals surface area contributed by atoms with E-state index in [2.05, 4.69) is 12.6 Å². The zero-order valence-electron chi connectivity index (χ0n) is 15.6. The molecule has 2 heterocycles. The minimum Gasteiger partial charge on any atom is -0.508 e. The Balaban J connectivity index is 1.89. The van der Waals surface area contributed by atoms with Gasteiger partial charge in [0.15, 0.2) is 0 Å². The van der Waals surface area contributed by atoms with E-state index in [0.717, 1.165) is 63.4 Å². The first kappa shape index (κ1) is 17.2. The smallest absolute Gasteiger partial charge is 0.138 e. The molecule has 2 aromatic heterocycles. The van der Waals surface area contributed by atoms with Crippen molar-refractivity contribution in [1.29, 1.82) is 0 Å². The second-order valence-corrected chi connectivity index (χ2v) is 7.03. The normalized spacial score (nSPS) is 11.2. The van der Waals surface area contributed by atoms with Gasteiger partial charge in [-0.15, -0.1) is 6.58 Å². The van der Waals surface area contributed by atoms with Crippen LogP contribution in [0.5, 0.6) is 5.75 Å². The summed E-state index contributed by atoms with van der Waals surface area (Å²) in [6.07, 6.45) is 1.65. The number of furan rings is 2. The van der Waals surface area contributed by atoms with E-state index in [-0.39, 0.29) is 5.75 Å². The molecule has 0 saturated carbocycles. The Hall–Kier alpha value is -3.20. The summed E-state index contributed by atoms with van der Waals surface area (Å²) in [6.45, 7) is 7.97. The Kier molecular flexibility index (Phi) is 4.36. The number of hydrogen-bond donors (Lipinski definition) is 1. The van der Waals surface area contributed by atoms with Crippen molar-refractivity contribution in [1.82, 2.24) is 0 Å². The Morgan fingerprint density at radius 1 is 1.00 bits per heavy atom. The van der Waals surface area contributed by atoms with Gasteiger partial charge in [0.2, 0.25) is 0 Å². The molecule has 0 amide bonds. The maximum absolute atomic E-state index is 9.81. The topological polar surface area (TPSA) is 46.5 Å². The quantitative estimate of drug-likeness (QED) is 0.395. The molecule has 3 heteroatoms. The highest BCUT2D eigenvalue weighted by Crippen LogP contribution is 2.39. The van der Waals surface area contributed by atoms with Crippen LogP contribution in [0.4, 0.5) is 0 Å². The van der Waals surface area contributed by atoms with Crippen molar-refractivity contribution in [2.45, 2.75) is 26.7 Å². The van der Waals surface area contributed by atoms with Crippen LogP contribution in [0, 0.1) is 6.92 Å². The summed E-state index contributed by atoms with van der Waals surface area (Å²) >= 11 is 0. The van der Waals surface area contributed by atoms with Crippen LogP contribution in [0.1, 0.15) is 24.9 Å². The molecule has 3 nitrogen and oxygen atoms in total. The molecule has 27 heavy (non-hydrogen) atoms. The van der Waals surface area contributed by atoms with Gasteiger partial charge in [0.25, 0.3) is 0 Å². The fourth-order valence-electron chi connectivity index (χ4n) is 3.36. The SMILES string of the molecule is C=C(C)CCc1oc2ccc(-c3cccc(O)c3)cc2c1-c1ccc(C)o1. The Labute approximate surface area is 158 Å². The van der Waals surface area contributed by atoms with E-state index in [1.165, 1.54) is 0 Å². The Morgan fingerprint density at radius 3 is 2.52 bits per heavy atom. The molecular weight excluding hydrogens is 336 g/mol. The van der Waals surface area contributed by atoms with Crippen LogP contribution in [0.3, 0.4) is 0 Å². The highest BCUT2D eigenvalue weighted by molar-refractivity contribution is 5.97. The third-order valence-corrected chi connectivity index (χ3v) is 4.71. The Morgan fingerprint density at radius 2 is 1.81 bits per heavy atom. The number of hydrogen-bond acceptors (Lipinski definition) is 3. The van der Waals surface area contributed by atoms with Gasteiger partial charge in [0, 0.05) is 11.8 Å². The molecular formula is C24H22O3. The van der Waals surface area contributed by atoms with Gasteiger partial charge in [-0.05, 0) is 67.8 Å². The van der Waals surface area contributed by atoms with Gasteiger partial charge in [0.05, 0.1) is 5.56 Å². The van der Waals surface area contributed by atoms with Crippen LogP contribution in [-0.4, -0.2) is 5.11 Å². The Bertz CT molecular complexity index is 1130. The van der Waals surface area contributed by atoms with Crippen LogP contribution >= 0.6 is 0 Å². The highest BCUT2D eigenvalue weighted by Gasteiger charge is 2.19. The molecule has 0 aliphatic carbocycles. The average molecular weight is 358 g/mol. The van der Waals surface area contributed by atoms with Crippen molar-refractivity contribution in [2.75, 3.05) is 0 Å². The molecule has 0 spiro atoms. The van der Waals surface area contributed by atoms with Crippen molar-refractivity contribution >= 4 is 11.0 Å². The van der Waals surface area contributed by atoms with E-state index in [4.69, 9.17) is 8.83 Å². The summed E-state index contributed by atoms with van der Waals surface area (Å²) in [5, 5.41) is 10.8. The summed E-state index contributed by atoms with van der Waals surface area (Å²) in [4.78, 5) is 0. The summed E-state index contributed by atoms with van der Waals surface area (Å²) < 4.78 is 12.1. The third kappa shape index (κ3) is 3.41. The molecule has 0 saturated heterocycles. The van der Waals surface area contributed by atoms with Crippen LogP contribution in [0.15, 0.2) is 75.6 Å². The van der Waals surface area contributed by atoms with Crippen molar-refractivity contribution < 1.29 is 13.9 Å². The van der Waals surface area contributed by atoms with Gasteiger partial charge in [-0.3, -0.25) is 0 Å². The van der Waals surface area contributed by atoms with Gasteiger partial charge < -0.3 is 13.9 Å². The number of aromatic hydroxyl groups is 1. The highest BCUT2D eigenvalue weighted by atomic mass is 16.4. The summed E-state index contributed by atoms with van der Waals surface area (Å²) in [6, 6.07) is 17.3. The zero-order valence-corrected chi connectivity index (χ0v) is 15.6. The second-order valence-electron chi connectivity index (χ2n) is 7.03. The van der Waals surface area contributed by atoms with Crippen LogP contribution in [-0.2, 0) is 6.42 Å². The number of phenolic OH excluding ortho intramolecular Hbond substituents is 1. The molecule has 0 atom stereocenters. The molecule has 1 N–H and O–H groups in total. The monoisotopic (exact) mass is 358 g/mol. The number of allylic oxidation sites excluding steroid dienone is 1. The molecule has 136 valence electrons. The predicted octanol–water partition coefficient (Wildman–Crippen LogP) is 6.88. The second kappa shape index (κ2) is 6.84. The maximum Gasteiger partial charge on any atom is 0.138 e. The maximum atomic E-state index is 9.81. The summed E-state index contributed by atoms with van der Waals surface area (Å²) in [5.74, 6) is 2.85. The molecule has 2 aromatic carbocycles. The van der Waals surface area contributed by atoms with E-state index in [1.807, 2.05) is 50.2 Å². The molecule has 0 bridgehead atoms. The van der Waals surface area contributed by atoms with Crippen LogP contribution in [0.2, 0.25) is 0 Å². The van der Waals surface area contributed by atoms with E-state index in [9.17, 15) is 5.11 Å². The van der Waals surface area contributed by atoms with E-state index in [1.54, 1.807) is 12.1 Å². The first-order chi connectivity index (χ1) is 13.0. The number of rotatable bonds is 5. The van der Waals surface area contributed by atoms with Gasteiger partial charge >= 0.3 is 0 Å². The zero-order chi connectivity index (χ0) is 19.0. The molecule has 4 aromatic rings. The van der Waals surface area contributed by atoms with Gasteiger partial charge in [-0.2, -0.15) is 0 Å². The lowest BCUT2D eigenvalue weighted by Crippen LogP contribution is -1.86. The van der Waals surface area contributed by atoms with Crippen molar-refractivity contribution in [2.24, 2.45) is 0 Å². The van der Waals surface area contributed by atoms with E-state index < -0.39 is 0 Å². The lowest BCUT2D eigenvalue weighted by atomic mass is 9.99. The van der Waals surface area contributed by atoms with Crippen LogP contribution < -0.4 is 0 Å². The predicted molar refractivity (Wildman–Crippen MR) is 109 cm³/mol. The van der Waals surface area contributed by atoms with Gasteiger partial charge in [0.1, 0.15) is 28.6 Å². The summed E-state index contributed by atoms with van der Waals surface area (Å²) in [5.41, 5.74) is 4.94. The fraction of sp³-hybridized carbons (Fsp3) is 0.167. The van der Waals surface area contributed by atoms with E-state index >= 15 is 0 Å². The molecule has 0 fully saturated rings. The lowest BCUT2D eigenvalue weighted by molar-refractivity contribution is 0.475. The van der Waals surface area contributed by atoms with Crippen molar-refractivity contribution in [3.05, 3.63) is 78.3 Å². The third-order valence-electron chi connectivity index (χ3n) is 4.71. The molecule has 0 unspecified atom stereocenters. The number of aryl methyl sites for hydroxylation is 2. The number of benzene rings is 2. The van der Waals surface area contributed by atoms with Crippen molar-refractivity contribution in [3.63, 3.8) is 0 Å². The average Bonchev–Trinajstić information content (AvgIpc) is 3.22. The lowest BCUT2D eigenvalue weighted by Gasteiger charge is -2.04. The molecule has 0 radical (unpaired) electrons. The summed E-state index contributed by atoms with van der Waals surface area (Å²) in [7, 11) is 0. The minimum absolute atomic E-state index is 0.254. The first-order valence-corrected chi connectivity index (χ1v) is 9.07. The first-order valence-electron chi connectivity index (χ1n) is 9.07. The van der Waals surface area contributed by atoms with Crippen molar-refractivity contribution in [3.8, 4) is 28.2 Å². The minimum atomic E-state index is 0.254. The van der Waals surface area contributed by atoms with E-state index in [0.29, 0.717) is 0 Å². The molecule has 4 rings (SSSR count). The van der Waals surface area contributed by atoms with Gasteiger partial charge in [-0.1, -0.05) is 23.8 Å².